The number of hydrogen-bond acceptors (Lipinski definition) is 1. The molecule has 0 aliphatic heterocycles. The predicted molar refractivity (Wildman–Crippen MR) is 118 cm³/mol. The molecular weight excluding hydrogens is 400 g/mol. The molecule has 1 heterocycles. The largest absolute Gasteiger partial charge is 0.332 e. The molecule has 4 heteroatoms. The molecular formula is C23H25BrN2O. The van der Waals surface area contributed by atoms with E-state index in [4.69, 9.17) is 0 Å². The molecule has 3 rings (SSSR count). The van der Waals surface area contributed by atoms with Crippen LogP contribution in [-0.4, -0.2) is 10.5 Å². The van der Waals surface area contributed by atoms with Crippen molar-refractivity contribution in [3.8, 4) is 0 Å². The lowest BCUT2D eigenvalue weighted by molar-refractivity contribution is 0.101. The van der Waals surface area contributed by atoms with Crippen LogP contribution >= 0.6 is 15.9 Å². The molecule has 1 amide bonds. The molecule has 140 valence electrons. The number of nitrogens with zero attached hydrogens (tertiary/aromatic N) is 1. The third kappa shape index (κ3) is 3.72. The first-order chi connectivity index (χ1) is 12.8. The normalized spacial score (nSPS) is 11.2. The highest BCUT2D eigenvalue weighted by Crippen LogP contribution is 2.30. The number of hydrogen-bond donors (Lipinski definition) is 1. The zero-order chi connectivity index (χ0) is 19.7. The van der Waals surface area contributed by atoms with Crippen molar-refractivity contribution in [3.05, 3.63) is 75.9 Å². The van der Waals surface area contributed by atoms with E-state index in [2.05, 4.69) is 59.9 Å². The molecule has 3 nitrogen and oxygen atoms in total. The second-order valence-electron chi connectivity index (χ2n) is 7.22. The van der Waals surface area contributed by atoms with Gasteiger partial charge in [-0.25, -0.2) is 0 Å². The minimum absolute atomic E-state index is 0.0987. The van der Waals surface area contributed by atoms with Crippen LogP contribution in [-0.2, 0) is 6.54 Å². The van der Waals surface area contributed by atoms with Crippen molar-refractivity contribution < 1.29 is 4.79 Å². The summed E-state index contributed by atoms with van der Waals surface area (Å²) >= 11 is 3.50. The maximum Gasteiger partial charge on any atom is 0.272 e. The first-order valence-electron chi connectivity index (χ1n) is 9.14. The topological polar surface area (TPSA) is 34.0 Å². The van der Waals surface area contributed by atoms with Crippen LogP contribution in [0, 0.1) is 13.8 Å². The summed E-state index contributed by atoms with van der Waals surface area (Å²) in [5.41, 5.74) is 5.90. The van der Waals surface area contributed by atoms with Crippen LogP contribution in [0.2, 0.25) is 0 Å². The Balaban J connectivity index is 2.09. The number of aromatic nitrogens is 1. The highest BCUT2D eigenvalue weighted by molar-refractivity contribution is 9.10. The molecule has 0 aliphatic carbocycles. The molecule has 0 unspecified atom stereocenters. The smallest absolute Gasteiger partial charge is 0.272 e. The number of anilines is 1. The van der Waals surface area contributed by atoms with E-state index in [1.54, 1.807) is 0 Å². The second kappa shape index (κ2) is 7.73. The molecule has 2 aromatic carbocycles. The van der Waals surface area contributed by atoms with E-state index in [1.807, 2.05) is 42.7 Å². The highest BCUT2D eigenvalue weighted by atomic mass is 79.9. The quantitative estimate of drug-likeness (QED) is 0.460. The van der Waals surface area contributed by atoms with Crippen molar-refractivity contribution in [2.75, 3.05) is 5.32 Å². The van der Waals surface area contributed by atoms with E-state index in [-0.39, 0.29) is 5.91 Å². The number of carbonyl (C=O) groups is 1. The average molecular weight is 425 g/mol. The van der Waals surface area contributed by atoms with E-state index < -0.39 is 0 Å². The first-order valence-corrected chi connectivity index (χ1v) is 9.94. The van der Waals surface area contributed by atoms with Gasteiger partial charge in [-0.05, 0) is 66.8 Å². The number of fused-ring (bicyclic) bond motifs is 1. The van der Waals surface area contributed by atoms with Crippen LogP contribution in [0.3, 0.4) is 0 Å². The molecule has 1 N–H and O–H groups in total. The van der Waals surface area contributed by atoms with E-state index >= 15 is 0 Å². The van der Waals surface area contributed by atoms with Crippen molar-refractivity contribution in [1.29, 1.82) is 0 Å². The molecule has 3 aromatic rings. The number of nitrogens with one attached hydrogen (secondary N) is 1. The van der Waals surface area contributed by atoms with Crippen LogP contribution in [0.15, 0.2) is 53.5 Å². The number of benzene rings is 2. The SMILES string of the molecule is C=CCn1c(C(=O)Nc2ccc(Br)c(C)c2)c(C)c2cc(C(C)C)ccc21. The van der Waals surface area contributed by atoms with Crippen LogP contribution < -0.4 is 5.32 Å². The molecule has 0 aliphatic rings. The summed E-state index contributed by atoms with van der Waals surface area (Å²) in [4.78, 5) is 13.1. The van der Waals surface area contributed by atoms with E-state index in [0.29, 0.717) is 18.2 Å². The number of aryl methyl sites for hydroxylation is 2. The fraction of sp³-hybridized carbons (Fsp3) is 0.261. The maximum atomic E-state index is 13.1. The molecule has 0 spiro atoms. The molecule has 0 fully saturated rings. The van der Waals surface area contributed by atoms with E-state index in [0.717, 1.165) is 32.2 Å². The van der Waals surface area contributed by atoms with Gasteiger partial charge in [-0.2, -0.15) is 0 Å². The Labute approximate surface area is 169 Å². The molecule has 0 bridgehead atoms. The standard InChI is InChI=1S/C23H25BrN2O/c1-6-11-26-21-10-7-17(14(2)3)13-19(21)16(5)22(26)23(27)25-18-8-9-20(24)15(4)12-18/h6-10,12-14H,1,11H2,2-5H3,(H,25,27). The Hall–Kier alpha value is -2.33. The highest BCUT2D eigenvalue weighted by Gasteiger charge is 2.20. The van der Waals surface area contributed by atoms with Gasteiger partial charge in [-0.3, -0.25) is 4.79 Å². The van der Waals surface area contributed by atoms with Gasteiger partial charge in [0.1, 0.15) is 5.69 Å². The number of halogens is 1. The fourth-order valence-corrected chi connectivity index (χ4v) is 3.67. The third-order valence-electron chi connectivity index (χ3n) is 4.95. The average Bonchev–Trinajstić information content (AvgIpc) is 2.90. The molecule has 1 aromatic heterocycles. The monoisotopic (exact) mass is 424 g/mol. The van der Waals surface area contributed by atoms with Gasteiger partial charge in [0, 0.05) is 27.6 Å². The van der Waals surface area contributed by atoms with Gasteiger partial charge >= 0.3 is 0 Å². The van der Waals surface area contributed by atoms with Gasteiger partial charge in [0.05, 0.1) is 0 Å². The van der Waals surface area contributed by atoms with Crippen molar-refractivity contribution in [2.24, 2.45) is 0 Å². The predicted octanol–water partition coefficient (Wildman–Crippen LogP) is 6.58. The zero-order valence-electron chi connectivity index (χ0n) is 16.3. The van der Waals surface area contributed by atoms with Crippen LogP contribution in [0.1, 0.15) is 46.9 Å². The number of carbonyl (C=O) groups excluding carboxylic acids is 1. The molecule has 0 saturated carbocycles. The molecule has 0 saturated heterocycles. The number of allylic oxidation sites excluding steroid dienone is 1. The Kier molecular flexibility index (Phi) is 5.56. The Bertz CT molecular complexity index is 1030. The Morgan fingerprint density at radius 2 is 1.96 bits per heavy atom. The summed E-state index contributed by atoms with van der Waals surface area (Å²) < 4.78 is 3.07. The minimum Gasteiger partial charge on any atom is -0.332 e. The summed E-state index contributed by atoms with van der Waals surface area (Å²) in [7, 11) is 0. The van der Waals surface area contributed by atoms with Gasteiger partial charge in [0.15, 0.2) is 0 Å². The first kappa shape index (κ1) is 19.4. The fourth-order valence-electron chi connectivity index (χ4n) is 3.42. The van der Waals surface area contributed by atoms with Gasteiger partial charge < -0.3 is 9.88 Å². The van der Waals surface area contributed by atoms with Crippen molar-refractivity contribution in [3.63, 3.8) is 0 Å². The van der Waals surface area contributed by atoms with Gasteiger partial charge in [0.25, 0.3) is 5.91 Å². The lowest BCUT2D eigenvalue weighted by Gasteiger charge is -2.11. The summed E-state index contributed by atoms with van der Waals surface area (Å²) in [6.45, 7) is 12.8. The summed E-state index contributed by atoms with van der Waals surface area (Å²) in [6.07, 6.45) is 1.83. The summed E-state index contributed by atoms with van der Waals surface area (Å²) in [5, 5.41) is 4.17. The number of amides is 1. The van der Waals surface area contributed by atoms with Crippen molar-refractivity contribution in [2.45, 2.75) is 40.2 Å². The van der Waals surface area contributed by atoms with Crippen LogP contribution in [0.5, 0.6) is 0 Å². The Morgan fingerprint density at radius 1 is 1.22 bits per heavy atom. The minimum atomic E-state index is -0.0987. The lowest BCUT2D eigenvalue weighted by Crippen LogP contribution is -2.18. The van der Waals surface area contributed by atoms with Crippen molar-refractivity contribution in [1.82, 2.24) is 4.57 Å². The van der Waals surface area contributed by atoms with Gasteiger partial charge in [0.2, 0.25) is 0 Å². The van der Waals surface area contributed by atoms with Crippen molar-refractivity contribution >= 4 is 38.4 Å². The Morgan fingerprint density at radius 3 is 2.59 bits per heavy atom. The molecule has 0 atom stereocenters. The summed E-state index contributed by atoms with van der Waals surface area (Å²) in [6, 6.07) is 12.3. The number of rotatable bonds is 5. The van der Waals surface area contributed by atoms with E-state index in [9.17, 15) is 4.79 Å². The van der Waals surface area contributed by atoms with Gasteiger partial charge in [-0.15, -0.1) is 6.58 Å². The molecule has 27 heavy (non-hydrogen) atoms. The second-order valence-corrected chi connectivity index (χ2v) is 8.08. The lowest BCUT2D eigenvalue weighted by atomic mass is 10.0. The zero-order valence-corrected chi connectivity index (χ0v) is 17.9. The molecule has 0 radical (unpaired) electrons. The van der Waals surface area contributed by atoms with E-state index in [1.165, 1.54) is 5.56 Å². The van der Waals surface area contributed by atoms with Gasteiger partial charge in [-0.1, -0.05) is 41.9 Å². The van der Waals surface area contributed by atoms with Crippen LogP contribution in [0.25, 0.3) is 10.9 Å². The van der Waals surface area contributed by atoms with Crippen LogP contribution in [0.4, 0.5) is 5.69 Å². The summed E-state index contributed by atoms with van der Waals surface area (Å²) in [5.74, 6) is 0.345. The third-order valence-corrected chi connectivity index (χ3v) is 5.84. The maximum absolute atomic E-state index is 13.1.